The molecule has 0 saturated carbocycles. The summed E-state index contributed by atoms with van der Waals surface area (Å²) >= 11 is 0. The summed E-state index contributed by atoms with van der Waals surface area (Å²) < 4.78 is 0. The van der Waals surface area contributed by atoms with Crippen LogP contribution in [0.2, 0.25) is 0 Å². The maximum atomic E-state index is 5.29. The standard InChI is InChI=1S/C10H11N/c11-9-5-4-8-10-6-2-1-3-7-10/h1-3,6-7H,5,9,11H2. The van der Waals surface area contributed by atoms with Gasteiger partial charge in [0.15, 0.2) is 0 Å². The Kier molecular flexibility index (Phi) is 3.24. The van der Waals surface area contributed by atoms with Gasteiger partial charge in [0.2, 0.25) is 0 Å². The van der Waals surface area contributed by atoms with Crippen LogP contribution in [0.1, 0.15) is 12.0 Å². The largest absolute Gasteiger partial charge is 0.330 e. The molecule has 0 amide bonds. The molecule has 2 N–H and O–H groups in total. The Balaban J connectivity index is 2.59. The maximum absolute atomic E-state index is 5.29. The van der Waals surface area contributed by atoms with Crippen LogP contribution in [0.15, 0.2) is 30.3 Å². The SMILES string of the molecule is NCCC#Cc1ccccc1. The topological polar surface area (TPSA) is 26.0 Å². The molecule has 1 aromatic rings. The Morgan fingerprint density at radius 2 is 1.91 bits per heavy atom. The van der Waals surface area contributed by atoms with Gasteiger partial charge in [-0.25, -0.2) is 0 Å². The monoisotopic (exact) mass is 145 g/mol. The smallest absolute Gasteiger partial charge is 0.0245 e. The zero-order valence-corrected chi connectivity index (χ0v) is 6.38. The first-order chi connectivity index (χ1) is 5.43. The van der Waals surface area contributed by atoms with E-state index in [0.717, 1.165) is 12.0 Å². The number of hydrogen-bond acceptors (Lipinski definition) is 1. The third-order valence-electron chi connectivity index (χ3n) is 1.28. The molecular weight excluding hydrogens is 134 g/mol. The maximum Gasteiger partial charge on any atom is 0.0245 e. The molecule has 1 nitrogen and oxygen atoms in total. The summed E-state index contributed by atoms with van der Waals surface area (Å²) in [4.78, 5) is 0. The molecular formula is C10H11N. The van der Waals surface area contributed by atoms with Crippen LogP contribution in [-0.2, 0) is 0 Å². The average molecular weight is 145 g/mol. The number of hydrogen-bond donors (Lipinski definition) is 1. The summed E-state index contributed by atoms with van der Waals surface area (Å²) in [7, 11) is 0. The van der Waals surface area contributed by atoms with E-state index >= 15 is 0 Å². The van der Waals surface area contributed by atoms with Crippen LogP contribution in [0.3, 0.4) is 0 Å². The molecule has 1 aromatic carbocycles. The molecule has 0 aliphatic carbocycles. The molecule has 0 saturated heterocycles. The highest BCUT2D eigenvalue weighted by Crippen LogP contribution is 1.94. The normalized spacial score (nSPS) is 8.45. The van der Waals surface area contributed by atoms with Crippen molar-refractivity contribution in [3.8, 4) is 11.8 Å². The predicted octanol–water partition coefficient (Wildman–Crippen LogP) is 1.39. The van der Waals surface area contributed by atoms with Gasteiger partial charge in [-0.3, -0.25) is 0 Å². The quantitative estimate of drug-likeness (QED) is 0.594. The van der Waals surface area contributed by atoms with Gasteiger partial charge in [0.25, 0.3) is 0 Å². The van der Waals surface area contributed by atoms with Crippen molar-refractivity contribution in [2.75, 3.05) is 6.54 Å². The van der Waals surface area contributed by atoms with Gasteiger partial charge in [0.05, 0.1) is 0 Å². The van der Waals surface area contributed by atoms with Crippen molar-refractivity contribution in [2.24, 2.45) is 5.73 Å². The van der Waals surface area contributed by atoms with Crippen molar-refractivity contribution in [3.05, 3.63) is 35.9 Å². The molecule has 56 valence electrons. The van der Waals surface area contributed by atoms with E-state index in [1.807, 2.05) is 30.3 Å². The van der Waals surface area contributed by atoms with Gasteiger partial charge < -0.3 is 5.73 Å². The van der Waals surface area contributed by atoms with Gasteiger partial charge in [0, 0.05) is 18.5 Å². The fourth-order valence-electron chi connectivity index (χ4n) is 0.758. The zero-order chi connectivity index (χ0) is 7.94. The van der Waals surface area contributed by atoms with Crippen LogP contribution < -0.4 is 5.73 Å². The lowest BCUT2D eigenvalue weighted by Gasteiger charge is -1.85. The lowest BCUT2D eigenvalue weighted by Crippen LogP contribution is -1.95. The molecule has 0 aromatic heterocycles. The van der Waals surface area contributed by atoms with Gasteiger partial charge >= 0.3 is 0 Å². The van der Waals surface area contributed by atoms with Crippen LogP contribution in [0.5, 0.6) is 0 Å². The Bertz CT molecular complexity index is 253. The molecule has 0 spiro atoms. The second kappa shape index (κ2) is 4.54. The minimum absolute atomic E-state index is 0.639. The van der Waals surface area contributed by atoms with Crippen LogP contribution in [-0.4, -0.2) is 6.54 Å². The molecule has 11 heavy (non-hydrogen) atoms. The lowest BCUT2D eigenvalue weighted by atomic mass is 10.2. The lowest BCUT2D eigenvalue weighted by molar-refractivity contribution is 1.03. The van der Waals surface area contributed by atoms with E-state index in [-0.39, 0.29) is 0 Å². The molecule has 0 atom stereocenters. The fraction of sp³-hybridized carbons (Fsp3) is 0.200. The Morgan fingerprint density at radius 1 is 1.18 bits per heavy atom. The Morgan fingerprint density at radius 3 is 2.55 bits per heavy atom. The van der Waals surface area contributed by atoms with Crippen molar-refractivity contribution < 1.29 is 0 Å². The first-order valence-electron chi connectivity index (χ1n) is 3.67. The van der Waals surface area contributed by atoms with E-state index in [1.54, 1.807) is 0 Å². The molecule has 0 unspecified atom stereocenters. The summed E-state index contributed by atoms with van der Waals surface area (Å²) in [6.45, 7) is 0.639. The van der Waals surface area contributed by atoms with Gasteiger partial charge in [-0.2, -0.15) is 0 Å². The number of benzene rings is 1. The molecule has 1 rings (SSSR count). The van der Waals surface area contributed by atoms with Crippen molar-refractivity contribution >= 4 is 0 Å². The van der Waals surface area contributed by atoms with Gasteiger partial charge in [-0.15, -0.1) is 0 Å². The van der Waals surface area contributed by atoms with Crippen molar-refractivity contribution in [1.29, 1.82) is 0 Å². The highest BCUT2D eigenvalue weighted by Gasteiger charge is 1.79. The van der Waals surface area contributed by atoms with E-state index in [9.17, 15) is 0 Å². The summed E-state index contributed by atoms with van der Waals surface area (Å²) in [5, 5.41) is 0. The first kappa shape index (κ1) is 7.84. The van der Waals surface area contributed by atoms with Crippen LogP contribution in [0, 0.1) is 11.8 Å². The molecule has 0 heterocycles. The number of nitrogens with two attached hydrogens (primary N) is 1. The molecule has 0 radical (unpaired) electrons. The van der Waals surface area contributed by atoms with E-state index in [0.29, 0.717) is 6.54 Å². The summed E-state index contributed by atoms with van der Waals surface area (Å²) in [5.41, 5.74) is 6.35. The second-order valence-corrected chi connectivity index (χ2v) is 2.21. The molecule has 0 aliphatic heterocycles. The van der Waals surface area contributed by atoms with E-state index in [2.05, 4.69) is 11.8 Å². The first-order valence-corrected chi connectivity index (χ1v) is 3.67. The third-order valence-corrected chi connectivity index (χ3v) is 1.28. The van der Waals surface area contributed by atoms with E-state index in [4.69, 9.17) is 5.73 Å². The molecule has 0 fully saturated rings. The Hall–Kier alpha value is -1.26. The van der Waals surface area contributed by atoms with Crippen LogP contribution in [0.25, 0.3) is 0 Å². The Labute approximate surface area is 67.2 Å². The zero-order valence-electron chi connectivity index (χ0n) is 6.38. The fourth-order valence-corrected chi connectivity index (χ4v) is 0.758. The van der Waals surface area contributed by atoms with Gasteiger partial charge in [-0.1, -0.05) is 30.0 Å². The van der Waals surface area contributed by atoms with Crippen molar-refractivity contribution in [3.63, 3.8) is 0 Å². The number of rotatable bonds is 1. The second-order valence-electron chi connectivity index (χ2n) is 2.21. The van der Waals surface area contributed by atoms with E-state index < -0.39 is 0 Å². The van der Waals surface area contributed by atoms with E-state index in [1.165, 1.54) is 0 Å². The van der Waals surface area contributed by atoms with Crippen LogP contribution >= 0.6 is 0 Å². The summed E-state index contributed by atoms with van der Waals surface area (Å²) in [6, 6.07) is 9.92. The van der Waals surface area contributed by atoms with Gasteiger partial charge in [0.1, 0.15) is 0 Å². The minimum atomic E-state index is 0.639. The molecule has 0 bridgehead atoms. The highest BCUT2D eigenvalue weighted by atomic mass is 14.5. The average Bonchev–Trinajstić information content (AvgIpc) is 2.07. The molecule has 0 aliphatic rings. The predicted molar refractivity (Wildman–Crippen MR) is 47.0 cm³/mol. The molecule has 1 heteroatoms. The summed E-state index contributed by atoms with van der Waals surface area (Å²) in [5.74, 6) is 5.99. The van der Waals surface area contributed by atoms with Crippen molar-refractivity contribution in [1.82, 2.24) is 0 Å². The van der Waals surface area contributed by atoms with Crippen LogP contribution in [0.4, 0.5) is 0 Å². The highest BCUT2D eigenvalue weighted by molar-refractivity contribution is 5.33. The van der Waals surface area contributed by atoms with Crippen molar-refractivity contribution in [2.45, 2.75) is 6.42 Å². The van der Waals surface area contributed by atoms with Gasteiger partial charge in [-0.05, 0) is 12.1 Å². The summed E-state index contributed by atoms with van der Waals surface area (Å²) in [6.07, 6.45) is 0.773. The third kappa shape index (κ3) is 2.88. The minimum Gasteiger partial charge on any atom is -0.330 e.